The fourth-order valence-electron chi connectivity index (χ4n) is 2.04. The van der Waals surface area contributed by atoms with Gasteiger partial charge in [-0.05, 0) is 25.1 Å². The van der Waals surface area contributed by atoms with Crippen LogP contribution >= 0.6 is 0 Å². The number of amides is 1. The van der Waals surface area contributed by atoms with Gasteiger partial charge in [0.2, 0.25) is 0 Å². The average molecular weight is 289 g/mol. The van der Waals surface area contributed by atoms with E-state index in [1.54, 1.807) is 19.5 Å². The number of benzene rings is 1. The van der Waals surface area contributed by atoms with Crippen LogP contribution in [0.25, 0.3) is 5.69 Å². The van der Waals surface area contributed by atoms with Crippen LogP contribution in [0.2, 0.25) is 0 Å². The van der Waals surface area contributed by atoms with Crippen LogP contribution in [0, 0.1) is 6.92 Å². The van der Waals surface area contributed by atoms with Crippen LogP contribution in [0.5, 0.6) is 0 Å². The molecule has 2 rings (SSSR count). The van der Waals surface area contributed by atoms with Crippen molar-refractivity contribution >= 4 is 5.91 Å². The van der Waals surface area contributed by atoms with E-state index in [1.165, 1.54) is 7.11 Å². The highest BCUT2D eigenvalue weighted by atomic mass is 16.5. The summed E-state index contributed by atoms with van der Waals surface area (Å²) in [7, 11) is 3.15. The fourth-order valence-corrected chi connectivity index (χ4v) is 2.04. The molecule has 6 nitrogen and oxygen atoms in total. The average Bonchev–Trinajstić information content (AvgIpc) is 2.91. The third-order valence-corrected chi connectivity index (χ3v) is 3.01. The first-order valence-electron chi connectivity index (χ1n) is 6.55. The molecule has 1 aromatic heterocycles. The predicted octanol–water partition coefficient (Wildman–Crippen LogP) is 1.66. The van der Waals surface area contributed by atoms with E-state index < -0.39 is 0 Å². The van der Waals surface area contributed by atoms with Crippen LogP contribution in [0.3, 0.4) is 0 Å². The minimum Gasteiger partial charge on any atom is -0.380 e. The van der Waals surface area contributed by atoms with Crippen LogP contribution in [0.4, 0.5) is 0 Å². The minimum absolute atomic E-state index is 0.178. The number of nitrogens with one attached hydrogen (secondary N) is 1. The molecule has 0 atom stereocenters. The van der Waals surface area contributed by atoms with Gasteiger partial charge in [0.05, 0.1) is 24.3 Å². The molecule has 0 aliphatic heterocycles. The Morgan fingerprint density at radius 2 is 2.14 bits per heavy atom. The van der Waals surface area contributed by atoms with Crippen LogP contribution < -0.4 is 5.32 Å². The smallest absolute Gasteiger partial charge is 0.253 e. The molecule has 0 unspecified atom stereocenters. The molecule has 0 bridgehead atoms. The lowest BCUT2D eigenvalue weighted by Crippen LogP contribution is -2.25. The SMILES string of the molecule is COCNC(=O)c1ccc(-n2cnc(C)c2)c(COC)c1. The normalized spacial score (nSPS) is 10.6. The number of aryl methyl sites for hydroxylation is 1. The quantitative estimate of drug-likeness (QED) is 0.821. The van der Waals surface area contributed by atoms with Crippen molar-refractivity contribution in [3.8, 4) is 5.69 Å². The third kappa shape index (κ3) is 3.68. The summed E-state index contributed by atoms with van der Waals surface area (Å²) in [6, 6.07) is 5.48. The zero-order valence-electron chi connectivity index (χ0n) is 12.4. The van der Waals surface area contributed by atoms with Crippen molar-refractivity contribution < 1.29 is 14.3 Å². The first kappa shape index (κ1) is 15.2. The Morgan fingerprint density at radius 3 is 2.76 bits per heavy atom. The summed E-state index contributed by atoms with van der Waals surface area (Å²) in [5, 5.41) is 2.66. The molecular weight excluding hydrogens is 270 g/mol. The highest BCUT2D eigenvalue weighted by Gasteiger charge is 2.11. The van der Waals surface area contributed by atoms with E-state index >= 15 is 0 Å². The number of methoxy groups -OCH3 is 2. The summed E-state index contributed by atoms with van der Waals surface area (Å²) in [6.45, 7) is 2.53. The highest BCUT2D eigenvalue weighted by Crippen LogP contribution is 2.18. The van der Waals surface area contributed by atoms with Crippen molar-refractivity contribution in [2.24, 2.45) is 0 Å². The van der Waals surface area contributed by atoms with Crippen LogP contribution in [0.1, 0.15) is 21.6 Å². The van der Waals surface area contributed by atoms with Crippen LogP contribution in [0.15, 0.2) is 30.7 Å². The predicted molar refractivity (Wildman–Crippen MR) is 78.4 cm³/mol. The second-order valence-electron chi connectivity index (χ2n) is 4.64. The van der Waals surface area contributed by atoms with E-state index in [4.69, 9.17) is 9.47 Å². The number of hydrogen-bond donors (Lipinski definition) is 1. The van der Waals surface area contributed by atoms with Crippen molar-refractivity contribution in [3.63, 3.8) is 0 Å². The van der Waals surface area contributed by atoms with Gasteiger partial charge in [0.25, 0.3) is 5.91 Å². The molecule has 1 N–H and O–H groups in total. The van der Waals surface area contributed by atoms with Gasteiger partial charge in [-0.15, -0.1) is 0 Å². The topological polar surface area (TPSA) is 65.4 Å². The number of nitrogens with zero attached hydrogens (tertiary/aromatic N) is 2. The van der Waals surface area contributed by atoms with Gasteiger partial charge in [-0.1, -0.05) is 0 Å². The largest absolute Gasteiger partial charge is 0.380 e. The molecule has 0 saturated carbocycles. The highest BCUT2D eigenvalue weighted by molar-refractivity contribution is 5.94. The minimum atomic E-state index is -0.178. The lowest BCUT2D eigenvalue weighted by molar-refractivity contribution is 0.0872. The van der Waals surface area contributed by atoms with Crippen molar-refractivity contribution in [3.05, 3.63) is 47.5 Å². The van der Waals surface area contributed by atoms with Gasteiger partial charge in [-0.3, -0.25) is 4.79 Å². The number of rotatable bonds is 6. The van der Waals surface area contributed by atoms with Gasteiger partial charge < -0.3 is 19.4 Å². The number of carbonyl (C=O) groups excluding carboxylic acids is 1. The lowest BCUT2D eigenvalue weighted by Gasteiger charge is -2.12. The Hall–Kier alpha value is -2.18. The van der Waals surface area contributed by atoms with Crippen molar-refractivity contribution in [1.82, 2.24) is 14.9 Å². The molecule has 0 fully saturated rings. The summed E-state index contributed by atoms with van der Waals surface area (Å²) in [5.41, 5.74) is 3.36. The summed E-state index contributed by atoms with van der Waals surface area (Å²) in [5.74, 6) is -0.178. The zero-order valence-corrected chi connectivity index (χ0v) is 12.4. The maximum absolute atomic E-state index is 12.0. The Morgan fingerprint density at radius 1 is 1.33 bits per heavy atom. The number of ether oxygens (including phenoxy) is 2. The number of hydrogen-bond acceptors (Lipinski definition) is 4. The Kier molecular flexibility index (Phi) is 5.08. The summed E-state index contributed by atoms with van der Waals surface area (Å²) < 4.78 is 12.0. The first-order valence-corrected chi connectivity index (χ1v) is 6.55. The van der Waals surface area contributed by atoms with Crippen LogP contribution in [-0.2, 0) is 16.1 Å². The summed E-state index contributed by atoms with van der Waals surface area (Å²) in [6.07, 6.45) is 3.67. The molecular formula is C15H19N3O3. The second-order valence-corrected chi connectivity index (χ2v) is 4.64. The summed E-state index contributed by atoms with van der Waals surface area (Å²) >= 11 is 0. The first-order chi connectivity index (χ1) is 10.2. The van der Waals surface area contributed by atoms with E-state index in [2.05, 4.69) is 10.3 Å². The molecule has 0 aliphatic carbocycles. The molecule has 21 heavy (non-hydrogen) atoms. The molecule has 0 radical (unpaired) electrons. The van der Waals surface area contributed by atoms with Crippen molar-refractivity contribution in [2.75, 3.05) is 21.0 Å². The molecule has 112 valence electrons. The molecule has 0 spiro atoms. The molecule has 0 aliphatic rings. The molecule has 0 saturated heterocycles. The lowest BCUT2D eigenvalue weighted by atomic mass is 10.1. The maximum Gasteiger partial charge on any atom is 0.253 e. The van der Waals surface area contributed by atoms with Gasteiger partial charge >= 0.3 is 0 Å². The van der Waals surface area contributed by atoms with Gasteiger partial charge in [0, 0.05) is 31.5 Å². The van der Waals surface area contributed by atoms with E-state index in [1.807, 2.05) is 29.8 Å². The van der Waals surface area contributed by atoms with Gasteiger partial charge in [0.1, 0.15) is 6.73 Å². The molecule has 1 heterocycles. The van der Waals surface area contributed by atoms with E-state index in [0.29, 0.717) is 12.2 Å². The van der Waals surface area contributed by atoms with E-state index in [9.17, 15) is 4.79 Å². The van der Waals surface area contributed by atoms with Gasteiger partial charge in [-0.25, -0.2) is 4.98 Å². The van der Waals surface area contributed by atoms with Crippen LogP contribution in [-0.4, -0.2) is 36.4 Å². The van der Waals surface area contributed by atoms with Crippen molar-refractivity contribution in [1.29, 1.82) is 0 Å². The van der Waals surface area contributed by atoms with Gasteiger partial charge in [0.15, 0.2) is 0 Å². The Labute approximate surface area is 123 Å². The van der Waals surface area contributed by atoms with Crippen molar-refractivity contribution in [2.45, 2.75) is 13.5 Å². The molecule has 1 amide bonds. The molecule has 6 heteroatoms. The monoisotopic (exact) mass is 289 g/mol. The molecule has 1 aromatic carbocycles. The Balaban J connectivity index is 2.33. The van der Waals surface area contributed by atoms with Gasteiger partial charge in [-0.2, -0.15) is 0 Å². The van der Waals surface area contributed by atoms with E-state index in [-0.39, 0.29) is 12.6 Å². The number of imidazole rings is 1. The number of carbonyl (C=O) groups is 1. The fraction of sp³-hybridized carbons (Fsp3) is 0.333. The third-order valence-electron chi connectivity index (χ3n) is 3.01. The zero-order chi connectivity index (χ0) is 15.2. The maximum atomic E-state index is 12.0. The summed E-state index contributed by atoms with van der Waals surface area (Å²) in [4.78, 5) is 16.2. The van der Waals surface area contributed by atoms with E-state index in [0.717, 1.165) is 16.9 Å². The molecule has 2 aromatic rings. The Bertz CT molecular complexity index is 622. The second kappa shape index (κ2) is 7.01. The standard InChI is InChI=1S/C15H19N3O3/c1-11-7-18(9-16-11)14-5-4-12(6-13(14)8-20-2)15(19)17-10-21-3/h4-7,9H,8,10H2,1-3H3,(H,17,19). The number of aromatic nitrogens is 2.